The van der Waals surface area contributed by atoms with Crippen LogP contribution in [0.5, 0.6) is 0 Å². The standard InChI is InChI=1S/C27H36O9/c1-13-17-10-18(34-14(2)28)21-26-9-7-8-25(5,12-33-24(26)32-6)19(26)11-20(35-15(3)29)27(21,22(13)31)23(17)36-16(4)30/h17-21,23-24H,1,7-12H2,2-6H3/t17-,18+,19-,20-,21+,23-,24-,25+,26+,27-/m1/s1. The average Bonchev–Trinajstić information content (AvgIpc) is 2.90. The van der Waals surface area contributed by atoms with E-state index in [4.69, 9.17) is 23.7 Å². The van der Waals surface area contributed by atoms with Crippen molar-refractivity contribution in [1.82, 2.24) is 0 Å². The van der Waals surface area contributed by atoms with Crippen LogP contribution in [0.15, 0.2) is 12.2 Å². The van der Waals surface area contributed by atoms with E-state index in [0.717, 1.165) is 12.8 Å². The number of hydrogen-bond acceptors (Lipinski definition) is 9. The van der Waals surface area contributed by atoms with Gasteiger partial charge in [-0.2, -0.15) is 0 Å². The van der Waals surface area contributed by atoms with Gasteiger partial charge in [0.1, 0.15) is 23.7 Å². The molecule has 36 heavy (non-hydrogen) atoms. The van der Waals surface area contributed by atoms with Crippen molar-refractivity contribution in [2.45, 2.75) is 84.4 Å². The number of rotatable bonds is 4. The summed E-state index contributed by atoms with van der Waals surface area (Å²) >= 11 is 0. The molecule has 0 aromatic heterocycles. The molecule has 0 aromatic carbocycles. The Morgan fingerprint density at radius 2 is 1.67 bits per heavy atom. The van der Waals surface area contributed by atoms with E-state index >= 15 is 0 Å². The first-order valence-corrected chi connectivity index (χ1v) is 12.8. The molecule has 10 atom stereocenters. The van der Waals surface area contributed by atoms with Crippen LogP contribution >= 0.6 is 0 Å². The molecule has 9 nitrogen and oxygen atoms in total. The van der Waals surface area contributed by atoms with Gasteiger partial charge in [-0.25, -0.2) is 0 Å². The Morgan fingerprint density at radius 1 is 1.00 bits per heavy atom. The second kappa shape index (κ2) is 8.38. The minimum atomic E-state index is -1.45. The molecule has 0 N–H and O–H groups in total. The Bertz CT molecular complexity index is 1020. The van der Waals surface area contributed by atoms with Gasteiger partial charge in [-0.1, -0.05) is 19.9 Å². The summed E-state index contributed by atoms with van der Waals surface area (Å²) in [5.41, 5.74) is -2.11. The van der Waals surface area contributed by atoms with Gasteiger partial charge in [-0.05, 0) is 42.6 Å². The van der Waals surface area contributed by atoms with E-state index in [2.05, 4.69) is 13.5 Å². The number of methoxy groups -OCH3 is 1. The van der Waals surface area contributed by atoms with Crippen LogP contribution in [0.4, 0.5) is 0 Å². The highest BCUT2D eigenvalue weighted by molar-refractivity contribution is 6.05. The van der Waals surface area contributed by atoms with Crippen molar-refractivity contribution in [3.63, 3.8) is 0 Å². The maximum atomic E-state index is 14.4. The highest BCUT2D eigenvalue weighted by Gasteiger charge is 2.82. The highest BCUT2D eigenvalue weighted by atomic mass is 16.7. The van der Waals surface area contributed by atoms with Crippen molar-refractivity contribution >= 4 is 23.7 Å². The number of hydrogen-bond donors (Lipinski definition) is 0. The second-order valence-corrected chi connectivity index (χ2v) is 11.7. The van der Waals surface area contributed by atoms with Crippen LogP contribution in [0, 0.1) is 34.0 Å². The van der Waals surface area contributed by atoms with Crippen LogP contribution < -0.4 is 0 Å². The lowest BCUT2D eigenvalue weighted by molar-refractivity contribution is -0.362. The number of carbonyl (C=O) groups excluding carboxylic acids is 4. The number of Topliss-reactive ketones (excluding diaryl/α,β-unsaturated/α-hetero) is 1. The summed E-state index contributed by atoms with van der Waals surface area (Å²) in [5, 5.41) is 0. The Hall–Kier alpha value is -2.26. The van der Waals surface area contributed by atoms with Crippen LogP contribution in [0.2, 0.25) is 0 Å². The Morgan fingerprint density at radius 3 is 2.28 bits per heavy atom. The fourth-order valence-corrected chi connectivity index (χ4v) is 9.11. The fraction of sp³-hybridized carbons (Fsp3) is 0.778. The smallest absolute Gasteiger partial charge is 0.302 e. The molecular weight excluding hydrogens is 468 g/mol. The zero-order valence-corrected chi connectivity index (χ0v) is 21.7. The van der Waals surface area contributed by atoms with Crippen molar-refractivity contribution in [2.75, 3.05) is 13.7 Å². The third-order valence-electron chi connectivity index (χ3n) is 9.89. The van der Waals surface area contributed by atoms with Gasteiger partial charge in [0.25, 0.3) is 0 Å². The molecule has 0 radical (unpaired) electrons. The van der Waals surface area contributed by atoms with Gasteiger partial charge in [-0.15, -0.1) is 0 Å². The normalized spacial score (nSPS) is 46.9. The SMILES string of the molecule is C=C1C(=O)[C@]23[C@H](OC(C)=O)[C@@H]1C[C@H](OC(C)=O)[C@H]2[C@@]12CCC[C@@](C)(CO[C@H]1OC)[C@H]2C[C@H]3OC(C)=O. The topological polar surface area (TPSA) is 114 Å². The van der Waals surface area contributed by atoms with Crippen LogP contribution in [0.3, 0.4) is 0 Å². The second-order valence-electron chi connectivity index (χ2n) is 11.7. The van der Waals surface area contributed by atoms with Gasteiger partial charge in [0.05, 0.1) is 6.61 Å². The van der Waals surface area contributed by atoms with Gasteiger partial charge >= 0.3 is 17.9 Å². The summed E-state index contributed by atoms with van der Waals surface area (Å²) in [6.07, 6.45) is 0.0363. The van der Waals surface area contributed by atoms with Crippen LogP contribution in [-0.2, 0) is 42.9 Å². The summed E-state index contributed by atoms with van der Waals surface area (Å²) in [5.74, 6) is -3.05. The number of esters is 3. The number of carbonyl (C=O) groups is 4. The molecule has 0 aromatic rings. The highest BCUT2D eigenvalue weighted by Crippen LogP contribution is 2.75. The third kappa shape index (κ3) is 3.14. The summed E-state index contributed by atoms with van der Waals surface area (Å²) < 4.78 is 30.2. The number of ether oxygens (including phenoxy) is 5. The molecule has 1 aliphatic heterocycles. The third-order valence-corrected chi connectivity index (χ3v) is 9.89. The van der Waals surface area contributed by atoms with Crippen LogP contribution in [0.1, 0.15) is 59.8 Å². The summed E-state index contributed by atoms with van der Waals surface area (Å²) in [6.45, 7) is 10.7. The van der Waals surface area contributed by atoms with E-state index in [0.29, 0.717) is 25.0 Å². The molecule has 4 saturated carbocycles. The summed E-state index contributed by atoms with van der Waals surface area (Å²) in [6, 6.07) is 0. The molecule has 1 heterocycles. The average molecular weight is 505 g/mol. The molecule has 0 amide bonds. The lowest BCUT2D eigenvalue weighted by Gasteiger charge is -2.70. The molecule has 4 aliphatic carbocycles. The van der Waals surface area contributed by atoms with E-state index < -0.39 is 65.2 Å². The largest absolute Gasteiger partial charge is 0.462 e. The lowest BCUT2D eigenvalue weighted by atomic mass is 9.37. The van der Waals surface area contributed by atoms with E-state index in [1.807, 2.05) is 0 Å². The Balaban J connectivity index is 1.82. The Kier molecular flexibility index (Phi) is 5.91. The molecule has 5 rings (SSSR count). The first-order chi connectivity index (χ1) is 16.9. The van der Waals surface area contributed by atoms with Crippen molar-refractivity contribution in [1.29, 1.82) is 0 Å². The predicted molar refractivity (Wildman–Crippen MR) is 124 cm³/mol. The molecular formula is C27H36O9. The van der Waals surface area contributed by atoms with E-state index in [9.17, 15) is 19.2 Å². The summed E-state index contributed by atoms with van der Waals surface area (Å²) in [7, 11) is 1.59. The number of ketones is 1. The van der Waals surface area contributed by atoms with Crippen molar-refractivity contribution in [2.24, 2.45) is 34.0 Å². The molecule has 198 valence electrons. The van der Waals surface area contributed by atoms with Gasteiger partial charge in [0, 0.05) is 45.1 Å². The Labute approximate surface area is 211 Å². The molecule has 9 heteroatoms. The van der Waals surface area contributed by atoms with E-state index in [1.54, 1.807) is 7.11 Å². The van der Waals surface area contributed by atoms with E-state index in [1.165, 1.54) is 20.8 Å². The molecule has 1 saturated heterocycles. The van der Waals surface area contributed by atoms with Crippen LogP contribution in [0.25, 0.3) is 0 Å². The van der Waals surface area contributed by atoms with Crippen LogP contribution in [-0.4, -0.2) is 62.0 Å². The fourth-order valence-electron chi connectivity index (χ4n) is 9.11. The quantitative estimate of drug-likeness (QED) is 0.324. The molecule has 5 aliphatic rings. The molecule has 0 unspecified atom stereocenters. The maximum absolute atomic E-state index is 14.4. The first kappa shape index (κ1) is 25.4. The minimum absolute atomic E-state index is 0.0355. The van der Waals surface area contributed by atoms with Crippen molar-refractivity contribution < 1.29 is 42.9 Å². The lowest BCUT2D eigenvalue weighted by Crippen LogP contribution is -2.76. The maximum Gasteiger partial charge on any atom is 0.302 e. The molecule has 5 fully saturated rings. The first-order valence-electron chi connectivity index (χ1n) is 12.8. The zero-order valence-electron chi connectivity index (χ0n) is 21.7. The zero-order chi connectivity index (χ0) is 26.2. The minimum Gasteiger partial charge on any atom is -0.462 e. The summed E-state index contributed by atoms with van der Waals surface area (Å²) in [4.78, 5) is 51.5. The van der Waals surface area contributed by atoms with E-state index in [-0.39, 0.29) is 23.5 Å². The van der Waals surface area contributed by atoms with Gasteiger partial charge in [-0.3, -0.25) is 19.2 Å². The van der Waals surface area contributed by atoms with Gasteiger partial charge in [0.2, 0.25) is 0 Å². The van der Waals surface area contributed by atoms with Gasteiger partial charge < -0.3 is 23.7 Å². The molecule has 4 bridgehead atoms. The monoisotopic (exact) mass is 504 g/mol. The van der Waals surface area contributed by atoms with Gasteiger partial charge in [0.15, 0.2) is 12.1 Å². The number of fused-ring (bicyclic) bond motifs is 1. The predicted octanol–water partition coefficient (Wildman–Crippen LogP) is 2.74. The van der Waals surface area contributed by atoms with Crippen molar-refractivity contribution in [3.8, 4) is 0 Å². The van der Waals surface area contributed by atoms with Crippen molar-refractivity contribution in [3.05, 3.63) is 12.2 Å². The molecule has 1 spiro atoms.